The molecule has 0 radical (unpaired) electrons. The minimum Gasteiger partial charge on any atom is -0.511 e. The van der Waals surface area contributed by atoms with Crippen LogP contribution in [0.25, 0.3) is 10.2 Å². The van der Waals surface area contributed by atoms with Crippen LogP contribution in [0.4, 0.5) is 0 Å². The predicted octanol–water partition coefficient (Wildman–Crippen LogP) is 1.92. The summed E-state index contributed by atoms with van der Waals surface area (Å²) in [5.74, 6) is -2.89. The largest absolute Gasteiger partial charge is 0.511 e. The summed E-state index contributed by atoms with van der Waals surface area (Å²) in [5, 5.41) is 13.8. The number of aliphatic hydroxyl groups is 1. The van der Waals surface area contributed by atoms with Crippen molar-refractivity contribution in [3.63, 3.8) is 0 Å². The van der Waals surface area contributed by atoms with E-state index in [2.05, 4.69) is 10.3 Å². The van der Waals surface area contributed by atoms with Crippen molar-refractivity contribution in [3.8, 4) is 0 Å². The molecule has 2 aliphatic heterocycles. The molecule has 0 aliphatic carbocycles. The fourth-order valence-electron chi connectivity index (χ4n) is 3.85. The van der Waals surface area contributed by atoms with Crippen LogP contribution in [-0.4, -0.2) is 64.2 Å². The molecule has 10 heteroatoms. The Morgan fingerprint density at radius 2 is 2.06 bits per heavy atom. The number of nitrogens with one attached hydrogen (secondary N) is 1. The van der Waals surface area contributed by atoms with Crippen LogP contribution in [0.15, 0.2) is 35.6 Å². The second-order valence-corrected chi connectivity index (χ2v) is 9.86. The maximum Gasteiger partial charge on any atom is 0.325 e. The molecule has 0 spiro atoms. The summed E-state index contributed by atoms with van der Waals surface area (Å²) in [7, 11) is 0. The van der Waals surface area contributed by atoms with Crippen LogP contribution >= 0.6 is 11.3 Å². The third-order valence-corrected chi connectivity index (χ3v) is 6.24. The fourth-order valence-corrected chi connectivity index (χ4v) is 4.82. The van der Waals surface area contributed by atoms with Crippen LogP contribution in [0.2, 0.25) is 0 Å². The van der Waals surface area contributed by atoms with Gasteiger partial charge in [0.1, 0.15) is 28.5 Å². The SMILES string of the molecule is CC(C)(C)OC(=O)CNC(=O)C1=C(O)C2COCC2N(Cc2nc3ccccc3s2)C1=O. The number of thiazole rings is 1. The maximum atomic E-state index is 13.3. The minimum atomic E-state index is -0.821. The second-order valence-electron chi connectivity index (χ2n) is 8.75. The van der Waals surface area contributed by atoms with Crippen LogP contribution in [-0.2, 0) is 30.4 Å². The normalized spacial score (nSPS) is 21.1. The van der Waals surface area contributed by atoms with Gasteiger partial charge in [0.05, 0.1) is 41.9 Å². The van der Waals surface area contributed by atoms with Crippen molar-refractivity contribution in [3.05, 3.63) is 40.6 Å². The average Bonchev–Trinajstić information content (AvgIpc) is 3.35. The van der Waals surface area contributed by atoms with E-state index in [0.717, 1.165) is 15.2 Å². The Labute approximate surface area is 189 Å². The van der Waals surface area contributed by atoms with E-state index in [-0.39, 0.29) is 31.1 Å². The molecule has 2 unspecified atom stereocenters. The molecule has 2 aromatic rings. The van der Waals surface area contributed by atoms with Crippen LogP contribution < -0.4 is 5.32 Å². The van der Waals surface area contributed by atoms with Gasteiger partial charge >= 0.3 is 5.97 Å². The highest BCUT2D eigenvalue weighted by atomic mass is 32.1. The molecular formula is C22H25N3O6S. The van der Waals surface area contributed by atoms with Gasteiger partial charge in [0.25, 0.3) is 11.8 Å². The Hall–Kier alpha value is -2.98. The molecule has 1 aromatic heterocycles. The molecule has 1 aromatic carbocycles. The van der Waals surface area contributed by atoms with Crippen LogP contribution in [0, 0.1) is 5.92 Å². The zero-order chi connectivity index (χ0) is 23.0. The lowest BCUT2D eigenvalue weighted by Crippen LogP contribution is -2.52. The summed E-state index contributed by atoms with van der Waals surface area (Å²) in [6, 6.07) is 7.28. The monoisotopic (exact) mass is 459 g/mol. The highest BCUT2D eigenvalue weighted by molar-refractivity contribution is 7.18. The Balaban J connectivity index is 1.54. The van der Waals surface area contributed by atoms with E-state index in [1.807, 2.05) is 24.3 Å². The molecule has 32 heavy (non-hydrogen) atoms. The fraction of sp³-hybridized carbons (Fsp3) is 0.455. The molecule has 3 heterocycles. The van der Waals surface area contributed by atoms with Crippen LogP contribution in [0.1, 0.15) is 25.8 Å². The Morgan fingerprint density at radius 1 is 1.31 bits per heavy atom. The van der Waals surface area contributed by atoms with Gasteiger partial charge in [-0.25, -0.2) is 4.98 Å². The molecule has 1 saturated heterocycles. The zero-order valence-corrected chi connectivity index (χ0v) is 18.9. The van der Waals surface area contributed by atoms with Gasteiger partial charge in [-0.05, 0) is 32.9 Å². The van der Waals surface area contributed by atoms with Gasteiger partial charge in [0.2, 0.25) is 0 Å². The standard InChI is InChI=1S/C22H25N3O6S/c1-22(2,3)31-17(26)8-23-20(28)18-19(27)12-10-30-11-14(12)25(21(18)29)9-16-24-13-6-4-5-7-15(13)32-16/h4-7,12,14,27H,8-11H2,1-3H3,(H,23,28). The molecule has 4 rings (SSSR count). The van der Waals surface area contributed by atoms with Gasteiger partial charge < -0.3 is 24.8 Å². The topological polar surface area (TPSA) is 118 Å². The first kappa shape index (κ1) is 22.2. The predicted molar refractivity (Wildman–Crippen MR) is 117 cm³/mol. The van der Waals surface area contributed by atoms with Crippen molar-refractivity contribution in [2.75, 3.05) is 19.8 Å². The number of hydrogen-bond donors (Lipinski definition) is 2. The number of carbonyl (C=O) groups excluding carboxylic acids is 3. The molecule has 2 aliphatic rings. The Kier molecular flexibility index (Phi) is 5.91. The lowest BCUT2D eigenvalue weighted by Gasteiger charge is -2.36. The summed E-state index contributed by atoms with van der Waals surface area (Å²) in [4.78, 5) is 44.1. The number of benzene rings is 1. The van der Waals surface area contributed by atoms with Gasteiger partial charge in [0.15, 0.2) is 0 Å². The first-order valence-corrected chi connectivity index (χ1v) is 11.1. The van der Waals surface area contributed by atoms with E-state index >= 15 is 0 Å². The van der Waals surface area contributed by atoms with Crippen molar-refractivity contribution >= 4 is 39.3 Å². The molecule has 9 nitrogen and oxygen atoms in total. The lowest BCUT2D eigenvalue weighted by atomic mass is 9.90. The summed E-state index contributed by atoms with van der Waals surface area (Å²) in [5.41, 5.74) is -0.238. The van der Waals surface area contributed by atoms with Crippen molar-refractivity contribution in [2.24, 2.45) is 5.92 Å². The maximum absolute atomic E-state index is 13.3. The highest BCUT2D eigenvalue weighted by Crippen LogP contribution is 2.35. The lowest BCUT2D eigenvalue weighted by molar-refractivity contribution is -0.154. The van der Waals surface area contributed by atoms with Crippen molar-refractivity contribution in [1.82, 2.24) is 15.2 Å². The van der Waals surface area contributed by atoms with Gasteiger partial charge in [-0.1, -0.05) is 12.1 Å². The van der Waals surface area contributed by atoms with Gasteiger partial charge in [-0.15, -0.1) is 11.3 Å². The summed E-state index contributed by atoms with van der Waals surface area (Å²) in [6.45, 7) is 5.38. The third-order valence-electron chi connectivity index (χ3n) is 5.22. The van der Waals surface area contributed by atoms with Crippen LogP contribution in [0.3, 0.4) is 0 Å². The van der Waals surface area contributed by atoms with E-state index in [1.54, 1.807) is 20.8 Å². The molecule has 2 N–H and O–H groups in total. The van der Waals surface area contributed by atoms with Gasteiger partial charge in [0, 0.05) is 0 Å². The first-order valence-electron chi connectivity index (χ1n) is 10.3. The van der Waals surface area contributed by atoms with E-state index < -0.39 is 41.9 Å². The average molecular weight is 460 g/mol. The molecule has 0 bridgehead atoms. The molecular weight excluding hydrogens is 434 g/mol. The number of esters is 1. The number of amides is 2. The number of aliphatic hydroxyl groups excluding tert-OH is 1. The van der Waals surface area contributed by atoms with Gasteiger partial charge in [-0.3, -0.25) is 14.4 Å². The summed E-state index contributed by atoms with van der Waals surface area (Å²) in [6.07, 6.45) is 0. The number of ether oxygens (including phenoxy) is 2. The number of nitrogens with zero attached hydrogens (tertiary/aromatic N) is 2. The quantitative estimate of drug-likeness (QED) is 0.518. The zero-order valence-electron chi connectivity index (χ0n) is 18.1. The Bertz CT molecular complexity index is 1070. The summed E-state index contributed by atoms with van der Waals surface area (Å²) < 4.78 is 11.7. The van der Waals surface area contributed by atoms with E-state index in [0.29, 0.717) is 0 Å². The Morgan fingerprint density at radius 3 is 2.78 bits per heavy atom. The van der Waals surface area contributed by atoms with E-state index in [1.165, 1.54) is 16.2 Å². The van der Waals surface area contributed by atoms with E-state index in [4.69, 9.17) is 9.47 Å². The second kappa shape index (κ2) is 8.51. The molecule has 2 amide bonds. The highest BCUT2D eigenvalue weighted by Gasteiger charge is 2.47. The van der Waals surface area contributed by atoms with E-state index in [9.17, 15) is 19.5 Å². The first-order chi connectivity index (χ1) is 15.1. The number of para-hydroxylation sites is 1. The number of rotatable bonds is 5. The third kappa shape index (κ3) is 4.46. The number of aromatic nitrogens is 1. The summed E-state index contributed by atoms with van der Waals surface area (Å²) >= 11 is 1.47. The van der Waals surface area contributed by atoms with Gasteiger partial charge in [-0.2, -0.15) is 0 Å². The molecule has 170 valence electrons. The van der Waals surface area contributed by atoms with Crippen LogP contribution in [0.5, 0.6) is 0 Å². The molecule has 1 fully saturated rings. The minimum absolute atomic E-state index is 0.193. The van der Waals surface area contributed by atoms with Crippen molar-refractivity contribution in [1.29, 1.82) is 0 Å². The number of carbonyl (C=O) groups is 3. The van der Waals surface area contributed by atoms with Crippen molar-refractivity contribution in [2.45, 2.75) is 39.0 Å². The number of hydrogen-bond acceptors (Lipinski definition) is 8. The smallest absolute Gasteiger partial charge is 0.325 e. The molecule has 0 saturated carbocycles. The van der Waals surface area contributed by atoms with Crippen molar-refractivity contribution < 1.29 is 29.0 Å². The number of fused-ring (bicyclic) bond motifs is 2. The molecule has 2 atom stereocenters.